The molecule has 0 unspecified atom stereocenters. The number of benzene rings is 2. The van der Waals surface area contributed by atoms with Gasteiger partial charge < -0.3 is 10.6 Å². The third kappa shape index (κ3) is 4.81. The molecule has 29 heavy (non-hydrogen) atoms. The summed E-state index contributed by atoms with van der Waals surface area (Å²) in [5, 5.41) is 9.25. The quantitative estimate of drug-likeness (QED) is 0.471. The van der Waals surface area contributed by atoms with E-state index < -0.39 is 11.8 Å². The van der Waals surface area contributed by atoms with Crippen molar-refractivity contribution >= 4 is 34.3 Å². The van der Waals surface area contributed by atoms with Crippen molar-refractivity contribution in [2.75, 3.05) is 16.0 Å². The van der Waals surface area contributed by atoms with Crippen LogP contribution in [0.4, 0.5) is 26.5 Å². The third-order valence-corrected chi connectivity index (χ3v) is 4.11. The van der Waals surface area contributed by atoms with Crippen LogP contribution in [0.15, 0.2) is 73.2 Å². The predicted octanol–water partition coefficient (Wildman–Crippen LogP) is 4.42. The number of anilines is 3. The second-order valence-electron chi connectivity index (χ2n) is 6.27. The number of fused-ring (bicyclic) bond motifs is 1. The molecule has 0 aliphatic heterocycles. The van der Waals surface area contributed by atoms with Crippen molar-refractivity contribution in [3.63, 3.8) is 0 Å². The van der Waals surface area contributed by atoms with Gasteiger partial charge in [-0.05, 0) is 48.0 Å². The van der Waals surface area contributed by atoms with Gasteiger partial charge in [-0.2, -0.15) is 0 Å². The molecule has 0 radical (unpaired) electrons. The maximum atomic E-state index is 13.2. The second-order valence-corrected chi connectivity index (χ2v) is 6.27. The highest BCUT2D eigenvalue weighted by atomic mass is 19.1. The van der Waals surface area contributed by atoms with Crippen molar-refractivity contribution in [1.82, 2.24) is 15.0 Å². The number of carbonyl (C=O) groups is 1. The molecule has 0 bridgehead atoms. The molecule has 4 rings (SSSR count). The Morgan fingerprint density at radius 2 is 1.90 bits per heavy atom. The molecule has 7 nitrogen and oxygen atoms in total. The topological polar surface area (TPSA) is 91.8 Å². The Hall–Kier alpha value is -4.07. The number of hydrogen-bond acceptors (Lipinski definition) is 5. The molecule has 2 aromatic heterocycles. The van der Waals surface area contributed by atoms with E-state index in [4.69, 9.17) is 0 Å². The third-order valence-electron chi connectivity index (χ3n) is 4.11. The van der Waals surface area contributed by atoms with E-state index in [2.05, 4.69) is 30.9 Å². The largest absolute Gasteiger partial charge is 0.381 e. The first-order chi connectivity index (χ1) is 14.2. The van der Waals surface area contributed by atoms with Gasteiger partial charge in [-0.1, -0.05) is 12.1 Å². The zero-order valence-electron chi connectivity index (χ0n) is 15.3. The van der Waals surface area contributed by atoms with Crippen molar-refractivity contribution in [3.8, 4) is 0 Å². The van der Waals surface area contributed by atoms with Gasteiger partial charge in [-0.3, -0.25) is 10.3 Å². The summed E-state index contributed by atoms with van der Waals surface area (Å²) in [7, 11) is 0. The number of rotatable bonds is 5. The van der Waals surface area contributed by atoms with Crippen LogP contribution >= 0.6 is 0 Å². The van der Waals surface area contributed by atoms with Crippen molar-refractivity contribution in [2.45, 2.75) is 6.54 Å². The highest BCUT2D eigenvalue weighted by molar-refractivity contribution is 5.99. The lowest BCUT2D eigenvalue weighted by molar-refractivity contribution is 0.262. The standard InChI is InChI=1S/C21H17FN6O/c22-16-4-1-5-18(9-16)26-21(29)28-20-25-13-15-6-7-17(10-19(15)27-20)24-12-14-3-2-8-23-11-14/h1-11,13,24H,12H2,(H2,25,26,27,28,29). The summed E-state index contributed by atoms with van der Waals surface area (Å²) >= 11 is 0. The number of halogens is 1. The van der Waals surface area contributed by atoms with E-state index in [1.807, 2.05) is 30.3 Å². The minimum absolute atomic E-state index is 0.149. The highest BCUT2D eigenvalue weighted by Crippen LogP contribution is 2.19. The monoisotopic (exact) mass is 388 g/mol. The van der Waals surface area contributed by atoms with Gasteiger partial charge in [0.05, 0.1) is 5.52 Å². The number of carbonyl (C=O) groups excluding carboxylic acids is 1. The summed E-state index contributed by atoms with van der Waals surface area (Å²) in [6.45, 7) is 0.631. The minimum atomic E-state index is -0.555. The Morgan fingerprint density at radius 1 is 0.966 bits per heavy atom. The molecule has 144 valence electrons. The van der Waals surface area contributed by atoms with Gasteiger partial charge in [0, 0.05) is 41.9 Å². The van der Waals surface area contributed by atoms with Crippen LogP contribution < -0.4 is 16.0 Å². The molecule has 0 saturated carbocycles. The summed E-state index contributed by atoms with van der Waals surface area (Å²) in [5.74, 6) is -0.285. The van der Waals surface area contributed by atoms with Crippen LogP contribution in [-0.4, -0.2) is 21.0 Å². The molecular formula is C21H17FN6O. The number of amides is 2. The minimum Gasteiger partial charge on any atom is -0.381 e. The van der Waals surface area contributed by atoms with Crippen LogP contribution in [0.25, 0.3) is 10.9 Å². The maximum Gasteiger partial charge on any atom is 0.326 e. The Labute approximate surface area is 166 Å². The SMILES string of the molecule is O=C(Nc1cccc(F)c1)Nc1ncc2ccc(NCc3cccnc3)cc2n1. The average Bonchev–Trinajstić information content (AvgIpc) is 2.72. The van der Waals surface area contributed by atoms with E-state index in [-0.39, 0.29) is 5.95 Å². The lowest BCUT2D eigenvalue weighted by atomic mass is 10.2. The van der Waals surface area contributed by atoms with Gasteiger partial charge in [0.2, 0.25) is 5.95 Å². The first-order valence-corrected chi connectivity index (χ1v) is 8.89. The molecule has 4 aromatic rings. The normalized spacial score (nSPS) is 10.5. The fraction of sp³-hybridized carbons (Fsp3) is 0.0476. The second kappa shape index (κ2) is 8.30. The van der Waals surface area contributed by atoms with E-state index in [0.29, 0.717) is 17.7 Å². The Bertz CT molecular complexity index is 1150. The fourth-order valence-corrected chi connectivity index (χ4v) is 2.73. The molecule has 2 aromatic carbocycles. The number of pyridine rings is 1. The number of hydrogen-bond donors (Lipinski definition) is 3. The number of nitrogens with one attached hydrogen (secondary N) is 3. The molecule has 0 spiro atoms. The Morgan fingerprint density at radius 3 is 2.72 bits per heavy atom. The van der Waals surface area contributed by atoms with Crippen LogP contribution in [0.2, 0.25) is 0 Å². The lowest BCUT2D eigenvalue weighted by Gasteiger charge is -2.09. The van der Waals surface area contributed by atoms with Gasteiger partial charge in [0.1, 0.15) is 5.82 Å². The first-order valence-electron chi connectivity index (χ1n) is 8.89. The number of urea groups is 1. The van der Waals surface area contributed by atoms with Crippen molar-refractivity contribution < 1.29 is 9.18 Å². The van der Waals surface area contributed by atoms with Crippen LogP contribution in [0.1, 0.15) is 5.56 Å². The van der Waals surface area contributed by atoms with Crippen LogP contribution in [-0.2, 0) is 6.54 Å². The molecule has 3 N–H and O–H groups in total. The lowest BCUT2D eigenvalue weighted by Crippen LogP contribution is -2.20. The van der Waals surface area contributed by atoms with Gasteiger partial charge in [0.25, 0.3) is 0 Å². The summed E-state index contributed by atoms with van der Waals surface area (Å²) in [4.78, 5) is 24.7. The molecule has 8 heteroatoms. The van der Waals surface area contributed by atoms with Gasteiger partial charge in [-0.25, -0.2) is 19.2 Å². The zero-order valence-corrected chi connectivity index (χ0v) is 15.3. The summed E-state index contributed by atoms with van der Waals surface area (Å²) in [6.07, 6.45) is 5.16. The zero-order chi connectivity index (χ0) is 20.1. The van der Waals surface area contributed by atoms with E-state index in [0.717, 1.165) is 16.6 Å². The molecule has 0 aliphatic rings. The van der Waals surface area contributed by atoms with Crippen LogP contribution in [0.5, 0.6) is 0 Å². The van der Waals surface area contributed by atoms with Crippen LogP contribution in [0, 0.1) is 5.82 Å². The molecule has 2 amide bonds. The van der Waals surface area contributed by atoms with Gasteiger partial charge in [0.15, 0.2) is 0 Å². The fourth-order valence-electron chi connectivity index (χ4n) is 2.73. The smallest absolute Gasteiger partial charge is 0.326 e. The highest BCUT2D eigenvalue weighted by Gasteiger charge is 2.07. The van der Waals surface area contributed by atoms with E-state index in [1.165, 1.54) is 18.2 Å². The van der Waals surface area contributed by atoms with Crippen LogP contribution in [0.3, 0.4) is 0 Å². The molecular weight excluding hydrogens is 371 g/mol. The van der Waals surface area contributed by atoms with E-state index in [9.17, 15) is 9.18 Å². The number of aromatic nitrogens is 3. The maximum absolute atomic E-state index is 13.2. The van der Waals surface area contributed by atoms with E-state index in [1.54, 1.807) is 24.7 Å². The molecule has 0 aliphatic carbocycles. The Kier molecular flexibility index (Phi) is 5.24. The first kappa shape index (κ1) is 18.3. The predicted molar refractivity (Wildman–Crippen MR) is 110 cm³/mol. The summed E-state index contributed by atoms with van der Waals surface area (Å²) in [6, 6.07) is 14.7. The van der Waals surface area contributed by atoms with Gasteiger partial charge in [-0.15, -0.1) is 0 Å². The Balaban J connectivity index is 1.45. The molecule has 2 heterocycles. The summed E-state index contributed by atoms with van der Waals surface area (Å²) in [5.41, 5.74) is 2.96. The van der Waals surface area contributed by atoms with E-state index >= 15 is 0 Å². The average molecular weight is 388 g/mol. The van der Waals surface area contributed by atoms with Gasteiger partial charge >= 0.3 is 6.03 Å². The van der Waals surface area contributed by atoms with Crippen molar-refractivity contribution in [1.29, 1.82) is 0 Å². The summed E-state index contributed by atoms with van der Waals surface area (Å²) < 4.78 is 13.2. The number of nitrogens with zero attached hydrogens (tertiary/aromatic N) is 3. The molecule has 0 saturated heterocycles. The molecule has 0 atom stereocenters. The molecule has 0 fully saturated rings. The van der Waals surface area contributed by atoms with Crippen molar-refractivity contribution in [3.05, 3.63) is 84.6 Å². The van der Waals surface area contributed by atoms with Crippen molar-refractivity contribution in [2.24, 2.45) is 0 Å².